The highest BCUT2D eigenvalue weighted by atomic mass is 79.9. The van der Waals surface area contributed by atoms with Gasteiger partial charge in [-0.05, 0) is 34.5 Å². The zero-order chi connectivity index (χ0) is 12.0. The van der Waals surface area contributed by atoms with Crippen molar-refractivity contribution in [2.45, 2.75) is 37.5 Å². The van der Waals surface area contributed by atoms with Gasteiger partial charge < -0.3 is 0 Å². The molecule has 0 unspecified atom stereocenters. The largest absolute Gasteiger partial charge is 0.224 e. The molecule has 0 saturated carbocycles. The molecule has 1 rings (SSSR count). The molecule has 0 fully saturated rings. The fourth-order valence-electron chi connectivity index (χ4n) is 1.53. The second kappa shape index (κ2) is 6.40. The van der Waals surface area contributed by atoms with E-state index in [9.17, 15) is 8.42 Å². The van der Waals surface area contributed by atoms with Crippen molar-refractivity contribution in [1.29, 1.82) is 0 Å². The van der Waals surface area contributed by atoms with Gasteiger partial charge in [0.05, 0.1) is 10.6 Å². The molecule has 0 saturated heterocycles. The van der Waals surface area contributed by atoms with Crippen LogP contribution in [0.1, 0.15) is 32.6 Å². The first-order valence-electron chi connectivity index (χ1n) is 5.55. The van der Waals surface area contributed by atoms with Crippen LogP contribution < -0.4 is 0 Å². The van der Waals surface area contributed by atoms with Crippen molar-refractivity contribution in [1.82, 2.24) is 0 Å². The van der Waals surface area contributed by atoms with Gasteiger partial charge in [0, 0.05) is 4.47 Å². The molecule has 4 heteroatoms. The van der Waals surface area contributed by atoms with Crippen molar-refractivity contribution >= 4 is 25.8 Å². The van der Waals surface area contributed by atoms with Crippen molar-refractivity contribution in [3.8, 4) is 0 Å². The molecule has 16 heavy (non-hydrogen) atoms. The molecule has 0 atom stereocenters. The lowest BCUT2D eigenvalue weighted by molar-refractivity contribution is 0.588. The molecule has 0 spiro atoms. The van der Waals surface area contributed by atoms with E-state index in [-0.39, 0.29) is 5.75 Å². The van der Waals surface area contributed by atoms with Crippen LogP contribution in [0.15, 0.2) is 33.6 Å². The lowest BCUT2D eigenvalue weighted by atomic mass is 10.2. The van der Waals surface area contributed by atoms with Gasteiger partial charge in [-0.25, -0.2) is 8.42 Å². The fraction of sp³-hybridized carbons (Fsp3) is 0.500. The second-order valence-electron chi connectivity index (χ2n) is 3.81. The maximum Gasteiger partial charge on any atom is 0.179 e. The molecule has 0 amide bonds. The molecular formula is C12H17BrO2S. The summed E-state index contributed by atoms with van der Waals surface area (Å²) in [6.45, 7) is 2.11. The highest BCUT2D eigenvalue weighted by Crippen LogP contribution is 2.23. The normalized spacial score (nSPS) is 11.6. The summed E-state index contributed by atoms with van der Waals surface area (Å²) in [6, 6.07) is 6.99. The first-order chi connectivity index (χ1) is 7.58. The lowest BCUT2D eigenvalue weighted by Gasteiger charge is -2.06. The number of halogens is 1. The van der Waals surface area contributed by atoms with Gasteiger partial charge in [0.15, 0.2) is 9.84 Å². The molecule has 0 N–H and O–H groups in total. The topological polar surface area (TPSA) is 34.1 Å². The Morgan fingerprint density at radius 2 is 1.81 bits per heavy atom. The Balaban J connectivity index is 2.68. The average molecular weight is 305 g/mol. The molecule has 2 nitrogen and oxygen atoms in total. The predicted molar refractivity (Wildman–Crippen MR) is 70.3 cm³/mol. The van der Waals surface area contributed by atoms with E-state index in [1.54, 1.807) is 18.2 Å². The predicted octanol–water partition coefficient (Wildman–Crippen LogP) is 3.80. The van der Waals surface area contributed by atoms with Gasteiger partial charge in [-0.15, -0.1) is 0 Å². The van der Waals surface area contributed by atoms with Crippen molar-refractivity contribution in [3.63, 3.8) is 0 Å². The smallest absolute Gasteiger partial charge is 0.179 e. The summed E-state index contributed by atoms with van der Waals surface area (Å²) in [5, 5.41) is 0. The first-order valence-corrected chi connectivity index (χ1v) is 7.99. The Hall–Kier alpha value is -0.350. The maximum atomic E-state index is 12.0. The third-order valence-corrected chi connectivity index (χ3v) is 5.24. The van der Waals surface area contributed by atoms with Crippen LogP contribution in [0.25, 0.3) is 0 Å². The molecule has 0 aliphatic carbocycles. The molecule has 0 aliphatic heterocycles. The number of hydrogen-bond acceptors (Lipinski definition) is 2. The highest BCUT2D eigenvalue weighted by Gasteiger charge is 2.16. The number of benzene rings is 1. The molecule has 0 aliphatic rings. The maximum absolute atomic E-state index is 12.0. The molecule has 0 heterocycles. The monoisotopic (exact) mass is 304 g/mol. The summed E-state index contributed by atoms with van der Waals surface area (Å²) >= 11 is 3.28. The van der Waals surface area contributed by atoms with E-state index >= 15 is 0 Å². The average Bonchev–Trinajstić information content (AvgIpc) is 2.25. The molecule has 0 bridgehead atoms. The minimum absolute atomic E-state index is 0.246. The first kappa shape index (κ1) is 13.7. The summed E-state index contributed by atoms with van der Waals surface area (Å²) < 4.78 is 24.6. The van der Waals surface area contributed by atoms with Crippen molar-refractivity contribution < 1.29 is 8.42 Å². The Morgan fingerprint density at radius 1 is 1.12 bits per heavy atom. The molecule has 0 radical (unpaired) electrons. The Morgan fingerprint density at radius 3 is 2.44 bits per heavy atom. The van der Waals surface area contributed by atoms with Crippen LogP contribution in [0.4, 0.5) is 0 Å². The zero-order valence-electron chi connectivity index (χ0n) is 9.45. The molecule has 0 aromatic heterocycles. The number of rotatable bonds is 6. The molecule has 1 aromatic carbocycles. The fourth-order valence-corrected chi connectivity index (χ4v) is 4.01. The van der Waals surface area contributed by atoms with Gasteiger partial charge in [0.25, 0.3) is 0 Å². The Labute approximate surface area is 106 Å². The minimum Gasteiger partial charge on any atom is -0.224 e. The van der Waals surface area contributed by atoms with E-state index in [4.69, 9.17) is 0 Å². The SMILES string of the molecule is CCCCCCS(=O)(=O)c1ccccc1Br. The van der Waals surface area contributed by atoms with Crippen LogP contribution in [0.5, 0.6) is 0 Å². The van der Waals surface area contributed by atoms with Gasteiger partial charge in [0.2, 0.25) is 0 Å². The van der Waals surface area contributed by atoms with Gasteiger partial charge >= 0.3 is 0 Å². The van der Waals surface area contributed by atoms with E-state index in [2.05, 4.69) is 22.9 Å². The van der Waals surface area contributed by atoms with Crippen molar-refractivity contribution in [3.05, 3.63) is 28.7 Å². The van der Waals surface area contributed by atoms with E-state index in [1.165, 1.54) is 0 Å². The lowest BCUT2D eigenvalue weighted by Crippen LogP contribution is -2.07. The van der Waals surface area contributed by atoms with Gasteiger partial charge in [-0.1, -0.05) is 38.3 Å². The summed E-state index contributed by atoms with van der Waals surface area (Å²) in [6.07, 6.45) is 3.96. The van der Waals surface area contributed by atoms with Crippen LogP contribution in [0.2, 0.25) is 0 Å². The quantitative estimate of drug-likeness (QED) is 0.749. The van der Waals surface area contributed by atoms with E-state index in [0.717, 1.165) is 25.7 Å². The van der Waals surface area contributed by atoms with Crippen molar-refractivity contribution in [2.75, 3.05) is 5.75 Å². The van der Waals surface area contributed by atoms with E-state index in [0.29, 0.717) is 9.37 Å². The van der Waals surface area contributed by atoms with Gasteiger partial charge in [-0.3, -0.25) is 0 Å². The summed E-state index contributed by atoms with van der Waals surface area (Å²) in [5.74, 6) is 0.246. The second-order valence-corrected chi connectivity index (χ2v) is 6.74. The minimum atomic E-state index is -3.12. The standard InChI is InChI=1S/C12H17BrO2S/c1-2-3-4-7-10-16(14,15)12-9-6-5-8-11(12)13/h5-6,8-9H,2-4,7,10H2,1H3. The third kappa shape index (κ3) is 3.91. The Kier molecular flexibility index (Phi) is 5.49. The Bertz CT molecular complexity index is 426. The molecule has 90 valence electrons. The number of unbranched alkanes of at least 4 members (excludes halogenated alkanes) is 3. The van der Waals surface area contributed by atoms with E-state index < -0.39 is 9.84 Å². The van der Waals surface area contributed by atoms with Crippen molar-refractivity contribution in [2.24, 2.45) is 0 Å². The highest BCUT2D eigenvalue weighted by molar-refractivity contribution is 9.10. The van der Waals surface area contributed by atoms with Gasteiger partial charge in [0.1, 0.15) is 0 Å². The van der Waals surface area contributed by atoms with Crippen LogP contribution in [0, 0.1) is 0 Å². The third-order valence-electron chi connectivity index (χ3n) is 2.44. The molecular weight excluding hydrogens is 288 g/mol. The number of sulfone groups is 1. The van der Waals surface area contributed by atoms with E-state index in [1.807, 2.05) is 6.07 Å². The summed E-state index contributed by atoms with van der Waals surface area (Å²) in [4.78, 5) is 0.409. The van der Waals surface area contributed by atoms with Crippen LogP contribution in [-0.4, -0.2) is 14.2 Å². The zero-order valence-corrected chi connectivity index (χ0v) is 11.9. The van der Waals surface area contributed by atoms with Crippen LogP contribution in [0.3, 0.4) is 0 Å². The van der Waals surface area contributed by atoms with Crippen LogP contribution in [-0.2, 0) is 9.84 Å². The summed E-state index contributed by atoms with van der Waals surface area (Å²) in [7, 11) is -3.12. The molecule has 1 aromatic rings. The van der Waals surface area contributed by atoms with Gasteiger partial charge in [-0.2, -0.15) is 0 Å². The number of hydrogen-bond donors (Lipinski definition) is 0. The summed E-state index contributed by atoms with van der Waals surface area (Å²) in [5.41, 5.74) is 0. The van der Waals surface area contributed by atoms with Crippen LogP contribution >= 0.6 is 15.9 Å².